The smallest absolute Gasteiger partial charge is 0.194 e. The van der Waals surface area contributed by atoms with Gasteiger partial charge in [0.2, 0.25) is 0 Å². The van der Waals surface area contributed by atoms with Crippen molar-refractivity contribution in [3.63, 3.8) is 0 Å². The van der Waals surface area contributed by atoms with Crippen molar-refractivity contribution >= 4 is 5.96 Å². The third-order valence-corrected chi connectivity index (χ3v) is 5.79. The second-order valence-corrected chi connectivity index (χ2v) is 7.99. The Morgan fingerprint density at radius 3 is 2.52 bits per heavy atom. The van der Waals surface area contributed by atoms with Crippen LogP contribution in [0.1, 0.15) is 47.0 Å². The van der Waals surface area contributed by atoms with Crippen molar-refractivity contribution in [2.24, 2.45) is 16.3 Å². The van der Waals surface area contributed by atoms with Crippen molar-refractivity contribution in [3.8, 4) is 0 Å². The molecule has 1 N–H and O–H groups in total. The molecule has 5 heteroatoms. The number of aliphatic imine (C=N–C) groups is 1. The first-order valence-electron chi connectivity index (χ1n) is 9.02. The Labute approximate surface area is 141 Å². The molecule has 0 spiro atoms. The summed E-state index contributed by atoms with van der Waals surface area (Å²) in [6, 6.07) is 0. The largest absolute Gasteiger partial charge is 0.381 e. The number of rotatable bonds is 6. The van der Waals surface area contributed by atoms with Crippen LogP contribution < -0.4 is 5.32 Å². The van der Waals surface area contributed by atoms with Crippen LogP contribution in [0.3, 0.4) is 0 Å². The number of guanidine groups is 1. The van der Waals surface area contributed by atoms with Gasteiger partial charge in [-0.25, -0.2) is 0 Å². The van der Waals surface area contributed by atoms with Gasteiger partial charge in [0.25, 0.3) is 0 Å². The maximum Gasteiger partial charge on any atom is 0.194 e. The standard InChI is InChI=1S/C18H35N3O2/c1-17(2)14-21(18(17,3)4)16(19-5)20-9-6-10-23-13-15-7-11-22-12-8-15/h15H,6-14H2,1-5H3,(H,19,20). The summed E-state index contributed by atoms with van der Waals surface area (Å²) in [5.74, 6) is 1.70. The van der Waals surface area contributed by atoms with Crippen LogP contribution in [0.2, 0.25) is 0 Å². The second-order valence-electron chi connectivity index (χ2n) is 7.99. The van der Waals surface area contributed by atoms with Crippen molar-refractivity contribution in [2.75, 3.05) is 46.6 Å². The van der Waals surface area contributed by atoms with Crippen molar-refractivity contribution < 1.29 is 9.47 Å². The van der Waals surface area contributed by atoms with E-state index in [1.165, 1.54) is 0 Å². The molecule has 0 saturated carbocycles. The highest BCUT2D eigenvalue weighted by Gasteiger charge is 2.53. The molecule has 2 rings (SSSR count). The molecule has 0 bridgehead atoms. The Morgan fingerprint density at radius 1 is 1.26 bits per heavy atom. The molecule has 2 fully saturated rings. The van der Waals surface area contributed by atoms with Crippen LogP contribution in [0.4, 0.5) is 0 Å². The van der Waals surface area contributed by atoms with Gasteiger partial charge < -0.3 is 19.7 Å². The summed E-state index contributed by atoms with van der Waals surface area (Å²) in [4.78, 5) is 6.81. The number of nitrogens with zero attached hydrogens (tertiary/aromatic N) is 2. The van der Waals surface area contributed by atoms with Crippen molar-refractivity contribution in [2.45, 2.75) is 52.5 Å². The van der Waals surface area contributed by atoms with Gasteiger partial charge in [-0.05, 0) is 39.0 Å². The Morgan fingerprint density at radius 2 is 1.96 bits per heavy atom. The number of hydrogen-bond acceptors (Lipinski definition) is 3. The van der Waals surface area contributed by atoms with Crippen LogP contribution in [-0.4, -0.2) is 63.0 Å². The predicted octanol–water partition coefficient (Wildman–Crippen LogP) is 2.52. The molecule has 2 heterocycles. The van der Waals surface area contributed by atoms with Gasteiger partial charge in [0.1, 0.15) is 0 Å². The van der Waals surface area contributed by atoms with Crippen LogP contribution >= 0.6 is 0 Å². The fourth-order valence-corrected chi connectivity index (χ4v) is 3.23. The summed E-state index contributed by atoms with van der Waals surface area (Å²) < 4.78 is 11.2. The fraction of sp³-hybridized carbons (Fsp3) is 0.944. The SMILES string of the molecule is CN=C(NCCCOCC1CCOCC1)N1CC(C)(C)C1(C)C. The normalized spacial score (nSPS) is 24.4. The predicted molar refractivity (Wildman–Crippen MR) is 94.9 cm³/mol. The maximum absolute atomic E-state index is 5.81. The molecular formula is C18H35N3O2. The van der Waals surface area contributed by atoms with Gasteiger partial charge >= 0.3 is 0 Å². The molecule has 2 aliphatic heterocycles. The Balaban J connectivity index is 1.60. The van der Waals surface area contributed by atoms with Gasteiger partial charge in [-0.1, -0.05) is 13.8 Å². The van der Waals surface area contributed by atoms with E-state index in [9.17, 15) is 0 Å². The van der Waals surface area contributed by atoms with Crippen molar-refractivity contribution in [1.82, 2.24) is 10.2 Å². The minimum atomic E-state index is 0.147. The van der Waals surface area contributed by atoms with E-state index < -0.39 is 0 Å². The molecule has 0 aromatic rings. The van der Waals surface area contributed by atoms with Gasteiger partial charge in [-0.3, -0.25) is 4.99 Å². The molecule has 134 valence electrons. The van der Waals surface area contributed by atoms with Crippen LogP contribution in [0, 0.1) is 11.3 Å². The van der Waals surface area contributed by atoms with Crippen molar-refractivity contribution in [3.05, 3.63) is 0 Å². The molecule has 0 amide bonds. The molecule has 5 nitrogen and oxygen atoms in total. The maximum atomic E-state index is 5.81. The number of ether oxygens (including phenoxy) is 2. The van der Waals surface area contributed by atoms with E-state index in [2.05, 4.69) is 42.9 Å². The van der Waals surface area contributed by atoms with E-state index in [1.54, 1.807) is 0 Å². The first-order valence-corrected chi connectivity index (χ1v) is 9.02. The van der Waals surface area contributed by atoms with Crippen LogP contribution in [0.25, 0.3) is 0 Å². The molecule has 2 aliphatic rings. The lowest BCUT2D eigenvalue weighted by Gasteiger charge is -2.62. The first-order chi connectivity index (χ1) is 10.9. The van der Waals surface area contributed by atoms with Gasteiger partial charge in [0.05, 0.1) is 0 Å². The number of nitrogens with one attached hydrogen (secondary N) is 1. The summed E-state index contributed by atoms with van der Waals surface area (Å²) >= 11 is 0. The quantitative estimate of drug-likeness (QED) is 0.463. The molecule has 0 atom stereocenters. The molecular weight excluding hydrogens is 290 g/mol. The van der Waals surface area contributed by atoms with E-state index in [4.69, 9.17) is 9.47 Å². The average molecular weight is 325 g/mol. The summed E-state index contributed by atoms with van der Waals surface area (Å²) in [7, 11) is 1.87. The topological polar surface area (TPSA) is 46.1 Å². The lowest BCUT2D eigenvalue weighted by Crippen LogP contribution is -2.72. The van der Waals surface area contributed by atoms with Gasteiger partial charge in [0, 0.05) is 57.5 Å². The molecule has 23 heavy (non-hydrogen) atoms. The first kappa shape index (κ1) is 18.5. The van der Waals surface area contributed by atoms with E-state index in [-0.39, 0.29) is 5.54 Å². The van der Waals surface area contributed by atoms with E-state index in [1.807, 2.05) is 7.05 Å². The minimum Gasteiger partial charge on any atom is -0.381 e. The van der Waals surface area contributed by atoms with Gasteiger partial charge in [0.15, 0.2) is 5.96 Å². The monoisotopic (exact) mass is 325 g/mol. The zero-order chi connectivity index (χ0) is 16.9. The highest BCUT2D eigenvalue weighted by Crippen LogP contribution is 2.46. The van der Waals surface area contributed by atoms with E-state index in [0.29, 0.717) is 11.3 Å². The number of hydrogen-bond donors (Lipinski definition) is 1. The zero-order valence-corrected chi connectivity index (χ0v) is 15.7. The van der Waals surface area contributed by atoms with Crippen LogP contribution in [0.5, 0.6) is 0 Å². The Kier molecular flexibility index (Phi) is 6.32. The highest BCUT2D eigenvalue weighted by atomic mass is 16.5. The van der Waals surface area contributed by atoms with E-state index >= 15 is 0 Å². The Bertz CT molecular complexity index is 401. The minimum absolute atomic E-state index is 0.147. The molecule has 0 aromatic heterocycles. The lowest BCUT2D eigenvalue weighted by molar-refractivity contribution is -0.0667. The molecule has 0 unspecified atom stereocenters. The fourth-order valence-electron chi connectivity index (χ4n) is 3.23. The third kappa shape index (κ3) is 4.38. The zero-order valence-electron chi connectivity index (χ0n) is 15.7. The number of likely N-dealkylation sites (tertiary alicyclic amines) is 1. The molecule has 0 radical (unpaired) electrons. The van der Waals surface area contributed by atoms with Crippen LogP contribution in [-0.2, 0) is 9.47 Å². The molecule has 2 saturated heterocycles. The lowest BCUT2D eigenvalue weighted by atomic mass is 9.65. The Hall–Kier alpha value is -0.810. The second kappa shape index (κ2) is 7.84. The average Bonchev–Trinajstić information content (AvgIpc) is 2.53. The van der Waals surface area contributed by atoms with E-state index in [0.717, 1.165) is 64.7 Å². The summed E-state index contributed by atoms with van der Waals surface area (Å²) in [5, 5.41) is 3.48. The summed E-state index contributed by atoms with van der Waals surface area (Å²) in [6.07, 6.45) is 3.30. The van der Waals surface area contributed by atoms with Crippen LogP contribution in [0.15, 0.2) is 4.99 Å². The van der Waals surface area contributed by atoms with Gasteiger partial charge in [-0.2, -0.15) is 0 Å². The third-order valence-electron chi connectivity index (χ3n) is 5.79. The highest BCUT2D eigenvalue weighted by molar-refractivity contribution is 5.81. The van der Waals surface area contributed by atoms with Crippen molar-refractivity contribution in [1.29, 1.82) is 0 Å². The molecule has 0 aliphatic carbocycles. The summed E-state index contributed by atoms with van der Waals surface area (Å²) in [6.45, 7) is 14.7. The summed E-state index contributed by atoms with van der Waals surface area (Å²) in [5.41, 5.74) is 0.478. The van der Waals surface area contributed by atoms with Gasteiger partial charge in [-0.15, -0.1) is 0 Å². The molecule has 0 aromatic carbocycles.